The van der Waals surface area contributed by atoms with Crippen molar-refractivity contribution in [3.8, 4) is 6.07 Å². The van der Waals surface area contributed by atoms with Gasteiger partial charge in [0.15, 0.2) is 0 Å². The lowest BCUT2D eigenvalue weighted by molar-refractivity contribution is -0.00202. The largest absolute Gasteiger partial charge is 0.377 e. The van der Waals surface area contributed by atoms with Crippen molar-refractivity contribution in [2.75, 3.05) is 6.61 Å². The molecular formula is C22H20ClN5O2. The fourth-order valence-electron chi connectivity index (χ4n) is 4.32. The standard InChI is InChI=1S/C22H20ClN5O2/c1-13-8-15(27-30-13)10-21-26-20-12-25-19-3-2-14(23)9-18(19)22(20)28(21)16-5-7-29-17(11-16)4-6-24/h2-3,8-9,12,16-17H,4-5,7,10-11H2,1H3/t16-,17-/m0/s1. The van der Waals surface area contributed by atoms with Crippen LogP contribution in [-0.4, -0.2) is 32.4 Å². The molecule has 0 N–H and O–H groups in total. The molecule has 1 fully saturated rings. The van der Waals surface area contributed by atoms with Gasteiger partial charge in [0.25, 0.3) is 0 Å². The van der Waals surface area contributed by atoms with Crippen LogP contribution < -0.4 is 0 Å². The molecule has 1 aliphatic heterocycles. The minimum atomic E-state index is -0.0787. The topological polar surface area (TPSA) is 89.8 Å². The van der Waals surface area contributed by atoms with Crippen LogP contribution in [0.1, 0.15) is 42.6 Å². The first-order valence-corrected chi connectivity index (χ1v) is 10.4. The number of hydrogen-bond donors (Lipinski definition) is 0. The molecule has 5 rings (SSSR count). The fraction of sp³-hybridized carbons (Fsp3) is 0.364. The summed E-state index contributed by atoms with van der Waals surface area (Å²) in [7, 11) is 0. The third-order valence-corrected chi connectivity index (χ3v) is 5.83. The Kier molecular flexibility index (Phi) is 4.89. The van der Waals surface area contributed by atoms with Gasteiger partial charge in [-0.1, -0.05) is 16.8 Å². The number of aromatic nitrogens is 4. The second-order valence-corrected chi connectivity index (χ2v) is 8.13. The van der Waals surface area contributed by atoms with Gasteiger partial charge in [0.2, 0.25) is 0 Å². The number of aryl methyl sites for hydroxylation is 1. The van der Waals surface area contributed by atoms with Gasteiger partial charge in [-0.3, -0.25) is 4.98 Å². The average Bonchev–Trinajstić information content (AvgIpc) is 3.31. The van der Waals surface area contributed by atoms with Gasteiger partial charge in [-0.15, -0.1) is 0 Å². The Morgan fingerprint density at radius 2 is 2.20 bits per heavy atom. The summed E-state index contributed by atoms with van der Waals surface area (Å²) < 4.78 is 13.4. The normalized spacial score (nSPS) is 19.4. The SMILES string of the molecule is Cc1cc(Cc2nc3cnc4ccc(Cl)cc4c3n2[C@H]2CCO[C@@H](CC#N)C2)no1. The number of rotatable bonds is 4. The van der Waals surface area contributed by atoms with Crippen LogP contribution in [0.3, 0.4) is 0 Å². The Labute approximate surface area is 178 Å². The number of nitrogens with zero attached hydrogens (tertiary/aromatic N) is 5. The van der Waals surface area contributed by atoms with E-state index >= 15 is 0 Å². The van der Waals surface area contributed by atoms with Crippen molar-refractivity contribution in [2.45, 2.75) is 44.8 Å². The van der Waals surface area contributed by atoms with Crippen LogP contribution in [0.15, 0.2) is 35.0 Å². The van der Waals surface area contributed by atoms with Crippen molar-refractivity contribution in [3.63, 3.8) is 0 Å². The summed E-state index contributed by atoms with van der Waals surface area (Å²) in [5.74, 6) is 1.67. The van der Waals surface area contributed by atoms with Gasteiger partial charge in [-0.05, 0) is 38.0 Å². The zero-order chi connectivity index (χ0) is 20.7. The minimum absolute atomic E-state index is 0.0787. The summed E-state index contributed by atoms with van der Waals surface area (Å²) in [6.45, 7) is 2.49. The van der Waals surface area contributed by atoms with E-state index in [2.05, 4.69) is 20.8 Å². The Bertz CT molecular complexity index is 1270. The second-order valence-electron chi connectivity index (χ2n) is 7.69. The lowest BCUT2D eigenvalue weighted by atomic mass is 10.00. The molecule has 0 saturated carbocycles. The quantitative estimate of drug-likeness (QED) is 0.472. The van der Waals surface area contributed by atoms with Crippen LogP contribution in [0.2, 0.25) is 5.02 Å². The first-order chi connectivity index (χ1) is 14.6. The second kappa shape index (κ2) is 7.71. The average molecular weight is 422 g/mol. The first kappa shape index (κ1) is 19.0. The molecule has 0 amide bonds. The van der Waals surface area contributed by atoms with Crippen molar-refractivity contribution >= 4 is 33.5 Å². The number of ether oxygens (including phenoxy) is 1. The Balaban J connectivity index is 1.70. The van der Waals surface area contributed by atoms with Crippen LogP contribution in [0.5, 0.6) is 0 Å². The van der Waals surface area contributed by atoms with E-state index in [1.54, 1.807) is 0 Å². The first-order valence-electron chi connectivity index (χ1n) is 9.98. The molecule has 1 saturated heterocycles. The maximum absolute atomic E-state index is 9.14. The summed E-state index contributed by atoms with van der Waals surface area (Å²) in [6.07, 6.45) is 4.27. The van der Waals surface area contributed by atoms with E-state index < -0.39 is 0 Å². The Hall–Kier alpha value is -2.95. The minimum Gasteiger partial charge on any atom is -0.377 e. The van der Waals surface area contributed by atoms with Gasteiger partial charge in [0.1, 0.15) is 17.1 Å². The molecule has 0 spiro atoms. The molecule has 0 unspecified atom stereocenters. The van der Waals surface area contributed by atoms with Crippen molar-refractivity contribution in [2.24, 2.45) is 0 Å². The summed E-state index contributed by atoms with van der Waals surface area (Å²) in [4.78, 5) is 9.48. The zero-order valence-corrected chi connectivity index (χ0v) is 17.3. The summed E-state index contributed by atoms with van der Waals surface area (Å²) >= 11 is 6.33. The summed E-state index contributed by atoms with van der Waals surface area (Å²) in [6, 6.07) is 10.0. The van der Waals surface area contributed by atoms with Crippen molar-refractivity contribution < 1.29 is 9.26 Å². The molecule has 4 aromatic rings. The van der Waals surface area contributed by atoms with E-state index in [-0.39, 0.29) is 12.1 Å². The van der Waals surface area contributed by atoms with E-state index in [1.807, 2.05) is 37.4 Å². The third-order valence-electron chi connectivity index (χ3n) is 5.59. The lowest BCUT2D eigenvalue weighted by Crippen LogP contribution is -2.28. The highest BCUT2D eigenvalue weighted by Gasteiger charge is 2.28. The lowest BCUT2D eigenvalue weighted by Gasteiger charge is -2.31. The van der Waals surface area contributed by atoms with Crippen molar-refractivity contribution in [3.05, 3.63) is 52.8 Å². The molecule has 1 aliphatic rings. The molecule has 3 aromatic heterocycles. The molecule has 1 aromatic carbocycles. The number of imidazole rings is 1. The monoisotopic (exact) mass is 421 g/mol. The number of halogens is 1. The predicted octanol–water partition coefficient (Wildman–Crippen LogP) is 4.76. The predicted molar refractivity (Wildman–Crippen MR) is 112 cm³/mol. The highest BCUT2D eigenvalue weighted by Crippen LogP contribution is 2.35. The molecular weight excluding hydrogens is 402 g/mol. The molecule has 0 aliphatic carbocycles. The number of nitriles is 1. The number of hydrogen-bond acceptors (Lipinski definition) is 6. The summed E-state index contributed by atoms with van der Waals surface area (Å²) in [5.41, 5.74) is 3.54. The molecule has 30 heavy (non-hydrogen) atoms. The van der Waals surface area contributed by atoms with Gasteiger partial charge in [0.05, 0.1) is 47.9 Å². The number of fused-ring (bicyclic) bond motifs is 3. The Morgan fingerprint density at radius 3 is 3.00 bits per heavy atom. The highest BCUT2D eigenvalue weighted by atomic mass is 35.5. The summed E-state index contributed by atoms with van der Waals surface area (Å²) in [5, 5.41) is 14.9. The Morgan fingerprint density at radius 1 is 1.30 bits per heavy atom. The maximum atomic E-state index is 9.14. The molecule has 0 radical (unpaired) electrons. The van der Waals surface area contributed by atoms with Gasteiger partial charge >= 0.3 is 0 Å². The van der Waals surface area contributed by atoms with Crippen molar-refractivity contribution in [1.82, 2.24) is 19.7 Å². The van der Waals surface area contributed by atoms with E-state index in [4.69, 9.17) is 31.1 Å². The molecule has 4 heterocycles. The van der Waals surface area contributed by atoms with Gasteiger partial charge < -0.3 is 13.8 Å². The van der Waals surface area contributed by atoms with Crippen molar-refractivity contribution in [1.29, 1.82) is 5.26 Å². The fourth-order valence-corrected chi connectivity index (χ4v) is 4.49. The highest BCUT2D eigenvalue weighted by molar-refractivity contribution is 6.31. The van der Waals surface area contributed by atoms with Crippen LogP contribution in [-0.2, 0) is 11.2 Å². The van der Waals surface area contributed by atoms with E-state index in [0.29, 0.717) is 24.5 Å². The van der Waals surface area contributed by atoms with Gasteiger partial charge in [0, 0.05) is 29.1 Å². The molecule has 152 valence electrons. The zero-order valence-electron chi connectivity index (χ0n) is 16.5. The third kappa shape index (κ3) is 3.42. The smallest absolute Gasteiger partial charge is 0.133 e. The number of pyridine rings is 1. The molecule has 7 nitrogen and oxygen atoms in total. The van der Waals surface area contributed by atoms with E-state index in [0.717, 1.165) is 52.1 Å². The van der Waals surface area contributed by atoms with Crippen LogP contribution >= 0.6 is 11.6 Å². The van der Waals surface area contributed by atoms with Gasteiger partial charge in [-0.2, -0.15) is 5.26 Å². The molecule has 2 atom stereocenters. The molecule has 8 heteroatoms. The van der Waals surface area contributed by atoms with E-state index in [1.165, 1.54) is 0 Å². The van der Waals surface area contributed by atoms with Crippen LogP contribution in [0.25, 0.3) is 21.9 Å². The van der Waals surface area contributed by atoms with Gasteiger partial charge in [-0.25, -0.2) is 4.98 Å². The van der Waals surface area contributed by atoms with Crippen LogP contribution in [0.4, 0.5) is 0 Å². The maximum Gasteiger partial charge on any atom is 0.133 e. The van der Waals surface area contributed by atoms with Crippen LogP contribution in [0, 0.1) is 18.3 Å². The van der Waals surface area contributed by atoms with E-state index in [9.17, 15) is 0 Å². The number of benzene rings is 1. The molecule has 0 bridgehead atoms.